The van der Waals surface area contributed by atoms with E-state index in [0.29, 0.717) is 17.7 Å². The number of methoxy groups -OCH3 is 1. The Morgan fingerprint density at radius 2 is 1.94 bits per heavy atom. The Labute approximate surface area is 189 Å². The second-order valence-corrected chi connectivity index (χ2v) is 9.68. The topological polar surface area (TPSA) is 60.3 Å². The van der Waals surface area contributed by atoms with Crippen LogP contribution in [0.15, 0.2) is 29.4 Å². The minimum atomic E-state index is 0.218. The van der Waals surface area contributed by atoms with Crippen molar-refractivity contribution in [3.05, 3.63) is 24.3 Å². The SMILES string of the molecule is CCCN(CC1CC1)C(=O)CSc1nnc(-c2ccccc2OC)n1C1CCCCC1. The van der Waals surface area contributed by atoms with Crippen LogP contribution in [0.5, 0.6) is 5.75 Å². The molecular formula is C24H34N4O2S. The second kappa shape index (κ2) is 10.5. The van der Waals surface area contributed by atoms with E-state index in [9.17, 15) is 4.79 Å². The predicted octanol–water partition coefficient (Wildman–Crippen LogP) is 5.20. The summed E-state index contributed by atoms with van der Waals surface area (Å²) in [5.41, 5.74) is 0.961. The van der Waals surface area contributed by atoms with E-state index in [4.69, 9.17) is 4.74 Å². The van der Waals surface area contributed by atoms with Gasteiger partial charge in [-0.2, -0.15) is 0 Å². The monoisotopic (exact) mass is 442 g/mol. The van der Waals surface area contributed by atoms with Crippen molar-refractivity contribution < 1.29 is 9.53 Å². The van der Waals surface area contributed by atoms with Crippen LogP contribution in [-0.4, -0.2) is 51.5 Å². The lowest BCUT2D eigenvalue weighted by Crippen LogP contribution is -2.35. The van der Waals surface area contributed by atoms with Crippen molar-refractivity contribution >= 4 is 17.7 Å². The highest BCUT2D eigenvalue weighted by molar-refractivity contribution is 7.99. The molecule has 0 aliphatic heterocycles. The lowest BCUT2D eigenvalue weighted by Gasteiger charge is -2.26. The number of amides is 1. The van der Waals surface area contributed by atoms with Crippen molar-refractivity contribution in [2.45, 2.75) is 69.5 Å². The number of rotatable bonds is 10. The molecule has 7 heteroatoms. The van der Waals surface area contributed by atoms with E-state index in [1.165, 1.54) is 43.9 Å². The second-order valence-electron chi connectivity index (χ2n) is 8.74. The first-order chi connectivity index (χ1) is 15.2. The molecule has 0 spiro atoms. The minimum absolute atomic E-state index is 0.218. The summed E-state index contributed by atoms with van der Waals surface area (Å²) >= 11 is 1.54. The largest absolute Gasteiger partial charge is 0.496 e. The number of benzene rings is 1. The first-order valence-corrected chi connectivity index (χ1v) is 12.7. The van der Waals surface area contributed by atoms with E-state index in [1.54, 1.807) is 7.11 Å². The molecule has 1 aromatic carbocycles. The Hall–Kier alpha value is -2.02. The molecule has 2 aliphatic rings. The minimum Gasteiger partial charge on any atom is -0.496 e. The summed E-state index contributed by atoms with van der Waals surface area (Å²) in [6.45, 7) is 3.90. The smallest absolute Gasteiger partial charge is 0.233 e. The van der Waals surface area contributed by atoms with Gasteiger partial charge in [-0.1, -0.05) is 50.1 Å². The zero-order chi connectivity index (χ0) is 21.6. The van der Waals surface area contributed by atoms with E-state index in [0.717, 1.165) is 54.6 Å². The third kappa shape index (κ3) is 5.43. The number of thioether (sulfide) groups is 1. The summed E-state index contributed by atoms with van der Waals surface area (Å²) in [6, 6.07) is 8.36. The Morgan fingerprint density at radius 1 is 1.16 bits per heavy atom. The van der Waals surface area contributed by atoms with Gasteiger partial charge in [-0.15, -0.1) is 10.2 Å². The number of aromatic nitrogens is 3. The molecule has 0 saturated heterocycles. The van der Waals surface area contributed by atoms with Gasteiger partial charge in [0.05, 0.1) is 18.4 Å². The van der Waals surface area contributed by atoms with Crippen molar-refractivity contribution in [2.24, 2.45) is 5.92 Å². The zero-order valence-electron chi connectivity index (χ0n) is 18.8. The van der Waals surface area contributed by atoms with Gasteiger partial charge < -0.3 is 9.64 Å². The summed E-state index contributed by atoms with van der Waals surface area (Å²) < 4.78 is 7.88. The first-order valence-electron chi connectivity index (χ1n) is 11.7. The number of hydrogen-bond acceptors (Lipinski definition) is 5. The fraction of sp³-hybridized carbons (Fsp3) is 0.625. The molecule has 0 unspecified atom stereocenters. The van der Waals surface area contributed by atoms with Crippen LogP contribution in [0.1, 0.15) is 64.3 Å². The van der Waals surface area contributed by atoms with E-state index in [2.05, 4.69) is 21.7 Å². The normalized spacial score (nSPS) is 17.0. The van der Waals surface area contributed by atoms with Crippen molar-refractivity contribution in [1.82, 2.24) is 19.7 Å². The van der Waals surface area contributed by atoms with Crippen LogP contribution in [0, 0.1) is 5.92 Å². The molecule has 6 nitrogen and oxygen atoms in total. The van der Waals surface area contributed by atoms with Gasteiger partial charge in [0, 0.05) is 19.1 Å². The standard InChI is InChI=1S/C24H34N4O2S/c1-3-15-27(16-18-13-14-18)22(29)17-31-24-26-25-23(20-11-7-8-12-21(20)30-2)28(24)19-9-5-4-6-10-19/h7-8,11-12,18-19H,3-6,9-10,13-17H2,1-2H3. The number of carbonyl (C=O) groups is 1. The molecule has 31 heavy (non-hydrogen) atoms. The molecule has 0 bridgehead atoms. The van der Waals surface area contributed by atoms with E-state index >= 15 is 0 Å². The molecule has 0 N–H and O–H groups in total. The Bertz CT molecular complexity index is 874. The van der Waals surface area contributed by atoms with Crippen LogP contribution in [-0.2, 0) is 4.79 Å². The number of ether oxygens (including phenoxy) is 1. The van der Waals surface area contributed by atoms with E-state index in [1.807, 2.05) is 29.2 Å². The van der Waals surface area contributed by atoms with Gasteiger partial charge in [0.2, 0.25) is 5.91 Å². The molecule has 2 aliphatic carbocycles. The predicted molar refractivity (Wildman–Crippen MR) is 124 cm³/mol. The highest BCUT2D eigenvalue weighted by Gasteiger charge is 2.28. The molecule has 168 valence electrons. The fourth-order valence-corrected chi connectivity index (χ4v) is 5.38. The summed E-state index contributed by atoms with van der Waals surface area (Å²) in [5, 5.41) is 9.97. The van der Waals surface area contributed by atoms with E-state index in [-0.39, 0.29) is 5.91 Å². The van der Waals surface area contributed by atoms with Gasteiger partial charge in [-0.05, 0) is 50.2 Å². The van der Waals surface area contributed by atoms with Crippen LogP contribution in [0.4, 0.5) is 0 Å². The highest BCUT2D eigenvalue weighted by Crippen LogP contribution is 2.38. The summed E-state index contributed by atoms with van der Waals surface area (Å²) in [4.78, 5) is 15.0. The van der Waals surface area contributed by atoms with Crippen LogP contribution >= 0.6 is 11.8 Å². The average Bonchev–Trinajstić information content (AvgIpc) is 3.53. The fourth-order valence-electron chi connectivity index (χ4n) is 4.47. The number of carbonyl (C=O) groups excluding carboxylic acids is 1. The molecule has 2 saturated carbocycles. The molecule has 4 rings (SSSR count). The van der Waals surface area contributed by atoms with Crippen LogP contribution in [0.25, 0.3) is 11.4 Å². The van der Waals surface area contributed by atoms with Gasteiger partial charge in [0.15, 0.2) is 11.0 Å². The average molecular weight is 443 g/mol. The maximum atomic E-state index is 13.0. The van der Waals surface area contributed by atoms with Crippen molar-refractivity contribution in [1.29, 1.82) is 0 Å². The maximum absolute atomic E-state index is 13.0. The number of hydrogen-bond donors (Lipinski definition) is 0. The third-order valence-corrected chi connectivity index (χ3v) is 7.23. The molecule has 1 aromatic heterocycles. The quantitative estimate of drug-likeness (QED) is 0.473. The summed E-state index contributed by atoms with van der Waals surface area (Å²) in [5.74, 6) is 3.00. The molecule has 1 heterocycles. The Balaban J connectivity index is 1.56. The van der Waals surface area contributed by atoms with Gasteiger partial charge in [0.25, 0.3) is 0 Å². The van der Waals surface area contributed by atoms with Crippen LogP contribution < -0.4 is 4.74 Å². The zero-order valence-corrected chi connectivity index (χ0v) is 19.6. The molecule has 2 fully saturated rings. The Kier molecular flexibility index (Phi) is 7.54. The van der Waals surface area contributed by atoms with E-state index < -0.39 is 0 Å². The van der Waals surface area contributed by atoms with Gasteiger partial charge in [0.1, 0.15) is 5.75 Å². The van der Waals surface area contributed by atoms with Crippen molar-refractivity contribution in [3.63, 3.8) is 0 Å². The van der Waals surface area contributed by atoms with Gasteiger partial charge >= 0.3 is 0 Å². The lowest BCUT2D eigenvalue weighted by molar-refractivity contribution is -0.128. The Morgan fingerprint density at radius 3 is 2.65 bits per heavy atom. The molecule has 1 amide bonds. The molecule has 0 radical (unpaired) electrons. The van der Waals surface area contributed by atoms with Crippen molar-refractivity contribution in [3.8, 4) is 17.1 Å². The molecular weight excluding hydrogens is 408 g/mol. The third-order valence-electron chi connectivity index (χ3n) is 6.30. The summed E-state index contributed by atoms with van der Waals surface area (Å²) in [7, 11) is 1.69. The number of nitrogens with zero attached hydrogens (tertiary/aromatic N) is 4. The first kappa shape index (κ1) is 22.2. The highest BCUT2D eigenvalue weighted by atomic mass is 32.2. The van der Waals surface area contributed by atoms with Gasteiger partial charge in [-0.25, -0.2) is 0 Å². The van der Waals surface area contributed by atoms with Crippen LogP contribution in [0.3, 0.4) is 0 Å². The maximum Gasteiger partial charge on any atom is 0.233 e. The molecule has 0 atom stereocenters. The molecule has 2 aromatic rings. The van der Waals surface area contributed by atoms with Gasteiger partial charge in [-0.3, -0.25) is 9.36 Å². The number of para-hydroxylation sites is 1. The van der Waals surface area contributed by atoms with Crippen molar-refractivity contribution in [2.75, 3.05) is 26.0 Å². The van der Waals surface area contributed by atoms with Crippen LogP contribution in [0.2, 0.25) is 0 Å². The lowest BCUT2D eigenvalue weighted by atomic mass is 9.95. The summed E-state index contributed by atoms with van der Waals surface area (Å²) in [6.07, 6.45) is 9.52.